The van der Waals surface area contributed by atoms with Crippen LogP contribution in [0.25, 0.3) is 0 Å². The first-order valence-electron chi connectivity index (χ1n) is 7.03. The molecule has 3 heteroatoms. The van der Waals surface area contributed by atoms with E-state index < -0.39 is 6.61 Å². The molecule has 0 aliphatic heterocycles. The molecular weight excluding hydrogens is 238 g/mol. The summed E-state index contributed by atoms with van der Waals surface area (Å²) in [6, 6.07) is 6.70. The van der Waals surface area contributed by atoms with E-state index in [1.807, 2.05) is 0 Å². The molecule has 0 heterocycles. The van der Waals surface area contributed by atoms with E-state index in [2.05, 4.69) is 37.4 Å². The van der Waals surface area contributed by atoms with Gasteiger partial charge in [0.05, 0.1) is 0 Å². The van der Waals surface area contributed by atoms with Gasteiger partial charge < -0.3 is 10.4 Å². The van der Waals surface area contributed by atoms with Crippen LogP contribution >= 0.6 is 0 Å². The third-order valence-corrected chi connectivity index (χ3v) is 4.00. The lowest BCUT2D eigenvalue weighted by atomic mass is 9.81. The second-order valence-corrected chi connectivity index (χ2v) is 6.01. The number of hydrogen-bond donors (Lipinski definition) is 2. The molecule has 0 unspecified atom stereocenters. The fourth-order valence-electron chi connectivity index (χ4n) is 2.63. The first kappa shape index (κ1) is 14.1. The van der Waals surface area contributed by atoms with Crippen LogP contribution in [0.4, 0.5) is 0 Å². The summed E-state index contributed by atoms with van der Waals surface area (Å²) in [6.45, 7) is 4.34. The Kier molecular flexibility index (Phi) is 4.25. The van der Waals surface area contributed by atoms with E-state index in [-0.39, 0.29) is 11.3 Å². The maximum Gasteiger partial charge on any atom is 0.245 e. The molecule has 0 radical (unpaired) electrons. The third-order valence-electron chi connectivity index (χ3n) is 4.00. The molecule has 0 saturated carbocycles. The topological polar surface area (TPSA) is 49.3 Å². The van der Waals surface area contributed by atoms with Crippen LogP contribution in [-0.4, -0.2) is 24.2 Å². The first-order valence-corrected chi connectivity index (χ1v) is 7.03. The zero-order valence-electron chi connectivity index (χ0n) is 11.8. The molecule has 1 aromatic carbocycles. The number of amides is 1. The van der Waals surface area contributed by atoms with Crippen LogP contribution in [0, 0.1) is 0 Å². The van der Waals surface area contributed by atoms with Crippen molar-refractivity contribution < 1.29 is 9.90 Å². The Bertz CT molecular complexity index is 466. The minimum Gasteiger partial charge on any atom is -0.387 e. The fourth-order valence-corrected chi connectivity index (χ4v) is 2.63. The van der Waals surface area contributed by atoms with Crippen molar-refractivity contribution in [2.24, 2.45) is 0 Å². The number of carbonyl (C=O) groups excluding carboxylic acids is 1. The van der Waals surface area contributed by atoms with E-state index in [4.69, 9.17) is 5.11 Å². The molecule has 0 aromatic heterocycles. The van der Waals surface area contributed by atoms with Crippen molar-refractivity contribution in [2.75, 3.05) is 13.2 Å². The number of carbonyl (C=O) groups is 1. The summed E-state index contributed by atoms with van der Waals surface area (Å²) in [6.07, 6.45) is 4.93. The van der Waals surface area contributed by atoms with Crippen LogP contribution in [0.15, 0.2) is 18.2 Å². The standard InChI is InChI=1S/C16H23NO2/c1-16(2,11-17-15(19)10-18)14-8-7-12-5-3-4-6-13(12)9-14/h7-9,18H,3-6,10-11H2,1-2H3,(H,17,19). The summed E-state index contributed by atoms with van der Waals surface area (Å²) in [5.41, 5.74) is 4.08. The van der Waals surface area contributed by atoms with Gasteiger partial charge in [0.1, 0.15) is 6.61 Å². The van der Waals surface area contributed by atoms with Gasteiger partial charge in [0, 0.05) is 12.0 Å². The van der Waals surface area contributed by atoms with Crippen LogP contribution in [0.2, 0.25) is 0 Å². The molecule has 3 nitrogen and oxygen atoms in total. The molecule has 0 atom stereocenters. The minimum absolute atomic E-state index is 0.114. The number of benzene rings is 1. The molecule has 0 fully saturated rings. The van der Waals surface area contributed by atoms with Crippen molar-refractivity contribution in [2.45, 2.75) is 44.9 Å². The zero-order chi connectivity index (χ0) is 13.9. The predicted molar refractivity (Wildman–Crippen MR) is 76.2 cm³/mol. The predicted octanol–water partition coefficient (Wildman–Crippen LogP) is 1.95. The molecule has 2 rings (SSSR count). The van der Waals surface area contributed by atoms with Crippen molar-refractivity contribution in [3.63, 3.8) is 0 Å². The maximum atomic E-state index is 11.2. The first-order chi connectivity index (χ1) is 9.03. The van der Waals surface area contributed by atoms with Crippen LogP contribution in [0.3, 0.4) is 0 Å². The summed E-state index contributed by atoms with van der Waals surface area (Å²) >= 11 is 0. The molecule has 0 bridgehead atoms. The van der Waals surface area contributed by atoms with Crippen molar-refractivity contribution >= 4 is 5.91 Å². The highest BCUT2D eigenvalue weighted by Crippen LogP contribution is 2.28. The Morgan fingerprint density at radius 2 is 1.95 bits per heavy atom. The van der Waals surface area contributed by atoms with Gasteiger partial charge in [0.2, 0.25) is 5.91 Å². The summed E-state index contributed by atoms with van der Waals surface area (Å²) < 4.78 is 0. The third kappa shape index (κ3) is 3.35. The number of rotatable bonds is 4. The average molecular weight is 261 g/mol. The van der Waals surface area contributed by atoms with Gasteiger partial charge in [0.15, 0.2) is 0 Å². The summed E-state index contributed by atoms with van der Waals surface area (Å²) in [5.74, 6) is -0.314. The highest BCUT2D eigenvalue weighted by Gasteiger charge is 2.22. The molecular formula is C16H23NO2. The number of aliphatic hydroxyl groups is 1. The van der Waals surface area contributed by atoms with Crippen LogP contribution < -0.4 is 5.32 Å². The van der Waals surface area contributed by atoms with E-state index >= 15 is 0 Å². The number of hydrogen-bond acceptors (Lipinski definition) is 2. The van der Waals surface area contributed by atoms with Gasteiger partial charge in [0.25, 0.3) is 0 Å². The highest BCUT2D eigenvalue weighted by atomic mass is 16.3. The van der Waals surface area contributed by atoms with Gasteiger partial charge in [-0.25, -0.2) is 0 Å². The molecule has 104 valence electrons. The Hall–Kier alpha value is -1.35. The number of aliphatic hydroxyl groups excluding tert-OH is 1. The Balaban J connectivity index is 2.13. The maximum absolute atomic E-state index is 11.2. The number of aryl methyl sites for hydroxylation is 2. The number of nitrogens with one attached hydrogen (secondary N) is 1. The summed E-state index contributed by atoms with van der Waals surface area (Å²) in [5, 5.41) is 11.5. The van der Waals surface area contributed by atoms with Crippen molar-refractivity contribution in [3.8, 4) is 0 Å². The summed E-state index contributed by atoms with van der Waals surface area (Å²) in [7, 11) is 0. The van der Waals surface area contributed by atoms with Gasteiger partial charge in [-0.05, 0) is 42.4 Å². The lowest BCUT2D eigenvalue weighted by molar-refractivity contribution is -0.124. The Morgan fingerprint density at radius 3 is 2.63 bits per heavy atom. The molecule has 19 heavy (non-hydrogen) atoms. The van der Waals surface area contributed by atoms with E-state index in [1.54, 1.807) is 0 Å². The molecule has 0 saturated heterocycles. The van der Waals surface area contributed by atoms with Crippen LogP contribution in [-0.2, 0) is 23.1 Å². The van der Waals surface area contributed by atoms with Gasteiger partial charge in [-0.15, -0.1) is 0 Å². The molecule has 0 spiro atoms. The lowest BCUT2D eigenvalue weighted by Gasteiger charge is -2.27. The Morgan fingerprint density at radius 1 is 1.26 bits per heavy atom. The zero-order valence-corrected chi connectivity index (χ0v) is 11.8. The monoisotopic (exact) mass is 261 g/mol. The number of fused-ring (bicyclic) bond motifs is 1. The second-order valence-electron chi connectivity index (χ2n) is 6.01. The van der Waals surface area contributed by atoms with Gasteiger partial charge in [-0.3, -0.25) is 4.79 Å². The van der Waals surface area contributed by atoms with E-state index in [9.17, 15) is 4.79 Å². The second kappa shape index (κ2) is 5.74. The van der Waals surface area contributed by atoms with Crippen LogP contribution in [0.5, 0.6) is 0 Å². The van der Waals surface area contributed by atoms with Crippen molar-refractivity contribution in [1.29, 1.82) is 0 Å². The highest BCUT2D eigenvalue weighted by molar-refractivity contribution is 5.76. The minimum atomic E-state index is -0.444. The molecule has 1 amide bonds. The smallest absolute Gasteiger partial charge is 0.245 e. The lowest BCUT2D eigenvalue weighted by Crippen LogP contribution is -2.38. The quantitative estimate of drug-likeness (QED) is 0.870. The molecule has 2 N–H and O–H groups in total. The van der Waals surface area contributed by atoms with Gasteiger partial charge >= 0.3 is 0 Å². The fraction of sp³-hybridized carbons (Fsp3) is 0.562. The van der Waals surface area contributed by atoms with Crippen LogP contribution in [0.1, 0.15) is 43.4 Å². The average Bonchev–Trinajstić information content (AvgIpc) is 2.44. The van der Waals surface area contributed by atoms with Gasteiger partial charge in [-0.1, -0.05) is 32.0 Å². The molecule has 1 aliphatic rings. The van der Waals surface area contributed by atoms with Crippen molar-refractivity contribution in [3.05, 3.63) is 34.9 Å². The largest absolute Gasteiger partial charge is 0.387 e. The molecule has 1 aromatic rings. The Labute approximate surface area is 115 Å². The normalized spacial score (nSPS) is 14.9. The van der Waals surface area contributed by atoms with Gasteiger partial charge in [-0.2, -0.15) is 0 Å². The van der Waals surface area contributed by atoms with Crippen molar-refractivity contribution in [1.82, 2.24) is 5.32 Å². The van der Waals surface area contributed by atoms with E-state index in [1.165, 1.54) is 42.4 Å². The van der Waals surface area contributed by atoms with E-state index in [0.29, 0.717) is 6.54 Å². The SMILES string of the molecule is CC(C)(CNC(=O)CO)c1ccc2c(c1)CCCC2. The van der Waals surface area contributed by atoms with E-state index in [0.717, 1.165) is 0 Å². The summed E-state index contributed by atoms with van der Waals surface area (Å²) in [4.78, 5) is 11.2. The molecule has 1 aliphatic carbocycles.